The molecule has 0 spiro atoms. The molecule has 0 saturated carbocycles. The highest BCUT2D eigenvalue weighted by Crippen LogP contribution is 2.33. The van der Waals surface area contributed by atoms with Gasteiger partial charge in [-0.2, -0.15) is 18.4 Å². The zero-order valence-electron chi connectivity index (χ0n) is 18.5. The van der Waals surface area contributed by atoms with Crippen LogP contribution in [0, 0.1) is 17.1 Å². The third-order valence-electron chi connectivity index (χ3n) is 4.94. The first kappa shape index (κ1) is 25.4. The molecule has 0 aliphatic rings. The quantitative estimate of drug-likeness (QED) is 0.450. The first-order valence-corrected chi connectivity index (χ1v) is 10.5. The number of hydrogen-bond donors (Lipinski definition) is 2. The van der Waals surface area contributed by atoms with E-state index in [1.165, 1.54) is 24.4 Å². The van der Waals surface area contributed by atoms with Gasteiger partial charge >= 0.3 is 6.18 Å². The Balaban J connectivity index is 1.76. The second-order valence-corrected chi connectivity index (χ2v) is 7.42. The molecule has 0 atom stereocenters. The smallest absolute Gasteiger partial charge is 0.418 e. The lowest BCUT2D eigenvalue weighted by Crippen LogP contribution is -2.17. The van der Waals surface area contributed by atoms with Gasteiger partial charge < -0.3 is 15.0 Å². The van der Waals surface area contributed by atoms with Crippen molar-refractivity contribution in [1.29, 1.82) is 5.26 Å². The summed E-state index contributed by atoms with van der Waals surface area (Å²) < 4.78 is 60.0. The Morgan fingerprint density at radius 3 is 2.66 bits per heavy atom. The van der Waals surface area contributed by atoms with Crippen LogP contribution in [-0.4, -0.2) is 22.5 Å². The van der Waals surface area contributed by atoms with E-state index in [4.69, 9.17) is 10.00 Å². The first-order chi connectivity index (χ1) is 16.6. The summed E-state index contributed by atoms with van der Waals surface area (Å²) in [6.07, 6.45) is -3.01. The zero-order chi connectivity index (χ0) is 25.6. The van der Waals surface area contributed by atoms with Crippen molar-refractivity contribution < 1.29 is 27.1 Å². The predicted octanol–water partition coefficient (Wildman–Crippen LogP) is 4.63. The van der Waals surface area contributed by atoms with E-state index in [-0.39, 0.29) is 42.1 Å². The van der Waals surface area contributed by atoms with Crippen LogP contribution >= 0.6 is 0 Å². The molecule has 182 valence electrons. The van der Waals surface area contributed by atoms with Crippen LogP contribution in [0.3, 0.4) is 0 Å². The molecule has 2 N–H and O–H groups in total. The van der Waals surface area contributed by atoms with E-state index in [1.54, 1.807) is 19.1 Å². The lowest BCUT2D eigenvalue weighted by Gasteiger charge is -2.14. The number of pyridine rings is 2. The Hall–Kier alpha value is -4.20. The van der Waals surface area contributed by atoms with Gasteiger partial charge in [-0.25, -0.2) is 4.39 Å². The van der Waals surface area contributed by atoms with Gasteiger partial charge in [-0.15, -0.1) is 0 Å². The maximum atomic E-state index is 14.7. The number of halogens is 4. The van der Waals surface area contributed by atoms with Gasteiger partial charge in [-0.05, 0) is 36.2 Å². The van der Waals surface area contributed by atoms with Gasteiger partial charge in [0.2, 0.25) is 5.91 Å². The Morgan fingerprint density at radius 1 is 1.23 bits per heavy atom. The van der Waals surface area contributed by atoms with Crippen molar-refractivity contribution >= 4 is 11.6 Å². The maximum Gasteiger partial charge on any atom is 0.418 e. The number of alkyl halides is 3. The number of carbonyl (C=O) groups excluding carboxylic acids is 1. The van der Waals surface area contributed by atoms with Crippen LogP contribution in [0.1, 0.15) is 30.2 Å². The number of nitrogens with zero attached hydrogens (tertiary/aromatic N) is 2. The van der Waals surface area contributed by atoms with Crippen LogP contribution in [-0.2, 0) is 23.8 Å². The maximum absolute atomic E-state index is 14.7. The van der Waals surface area contributed by atoms with E-state index in [2.05, 4.69) is 15.3 Å². The number of carbonyl (C=O) groups is 1. The van der Waals surface area contributed by atoms with Crippen molar-refractivity contribution in [2.45, 2.75) is 32.4 Å². The molecule has 2 aromatic heterocycles. The van der Waals surface area contributed by atoms with Gasteiger partial charge in [0.25, 0.3) is 5.56 Å². The lowest BCUT2D eigenvalue weighted by atomic mass is 10.0. The van der Waals surface area contributed by atoms with E-state index in [0.29, 0.717) is 11.1 Å². The number of aromatic nitrogens is 2. The van der Waals surface area contributed by atoms with Crippen molar-refractivity contribution in [3.63, 3.8) is 0 Å². The zero-order valence-corrected chi connectivity index (χ0v) is 18.5. The number of nitriles is 1. The summed E-state index contributed by atoms with van der Waals surface area (Å²) in [5.41, 5.74) is -1.03. The second kappa shape index (κ2) is 10.8. The molecular formula is C24H20F4N4O3. The number of aryl methyl sites for hydroxylation is 1. The Labute approximate surface area is 197 Å². The monoisotopic (exact) mass is 488 g/mol. The summed E-state index contributed by atoms with van der Waals surface area (Å²) in [5, 5.41) is 10.9. The van der Waals surface area contributed by atoms with Crippen LogP contribution in [0.2, 0.25) is 0 Å². The Bertz CT molecular complexity index is 1330. The first-order valence-electron chi connectivity index (χ1n) is 10.5. The van der Waals surface area contributed by atoms with Gasteiger partial charge in [0.15, 0.2) is 5.75 Å². The molecule has 0 bridgehead atoms. The molecule has 0 aliphatic heterocycles. The number of rotatable bonds is 8. The molecule has 1 amide bonds. The Morgan fingerprint density at radius 2 is 2.00 bits per heavy atom. The average molecular weight is 488 g/mol. The number of benzene rings is 1. The number of ether oxygens (including phenoxy) is 1. The van der Waals surface area contributed by atoms with Crippen LogP contribution in [0.15, 0.2) is 47.5 Å². The largest absolute Gasteiger partial charge is 0.488 e. The van der Waals surface area contributed by atoms with E-state index in [9.17, 15) is 27.2 Å². The summed E-state index contributed by atoms with van der Waals surface area (Å²) in [6.45, 7) is 1.99. The van der Waals surface area contributed by atoms with Crippen molar-refractivity contribution in [3.05, 3.63) is 75.7 Å². The predicted molar refractivity (Wildman–Crippen MR) is 119 cm³/mol. The standard InChI is InChI=1S/C24H20F4N4O3/c1-2-35-21-9-16(12-31-23(21)34)14-5-6-15(19(25)8-14)10-22(33)32-17-11-18(24(26,27)28)20(30-13-17)4-3-7-29/h5-6,8-9,11-13H,2-4,10H2,1H3,(H,31,34)(H,32,33). The van der Waals surface area contributed by atoms with Crippen molar-refractivity contribution in [2.75, 3.05) is 11.9 Å². The molecule has 0 unspecified atom stereocenters. The lowest BCUT2D eigenvalue weighted by molar-refractivity contribution is -0.138. The minimum absolute atomic E-state index is 0.0235. The summed E-state index contributed by atoms with van der Waals surface area (Å²) >= 11 is 0. The van der Waals surface area contributed by atoms with Gasteiger partial charge in [0.1, 0.15) is 5.82 Å². The number of hydrogen-bond acceptors (Lipinski definition) is 5. The van der Waals surface area contributed by atoms with E-state index >= 15 is 0 Å². The van der Waals surface area contributed by atoms with Gasteiger partial charge in [0.05, 0.1) is 42.2 Å². The number of anilines is 1. The molecule has 11 heteroatoms. The van der Waals surface area contributed by atoms with E-state index < -0.39 is 35.4 Å². The third-order valence-corrected chi connectivity index (χ3v) is 4.94. The second-order valence-electron chi connectivity index (χ2n) is 7.42. The van der Waals surface area contributed by atoms with Crippen LogP contribution in [0.4, 0.5) is 23.2 Å². The average Bonchev–Trinajstić information content (AvgIpc) is 2.80. The van der Waals surface area contributed by atoms with Crippen LogP contribution in [0.5, 0.6) is 5.75 Å². The molecular weight excluding hydrogens is 468 g/mol. The Kier molecular flexibility index (Phi) is 7.86. The molecule has 7 nitrogen and oxygen atoms in total. The van der Waals surface area contributed by atoms with Gasteiger partial charge in [-0.3, -0.25) is 14.6 Å². The number of H-pyrrole nitrogens is 1. The van der Waals surface area contributed by atoms with Gasteiger partial charge in [-0.1, -0.05) is 12.1 Å². The molecule has 1 aromatic carbocycles. The number of aromatic amines is 1. The van der Waals surface area contributed by atoms with Gasteiger partial charge in [0, 0.05) is 24.6 Å². The number of amides is 1. The summed E-state index contributed by atoms with van der Waals surface area (Å²) in [7, 11) is 0. The fourth-order valence-electron chi connectivity index (χ4n) is 3.32. The molecule has 2 heterocycles. The fourth-order valence-corrected chi connectivity index (χ4v) is 3.32. The SMILES string of the molecule is CCOc1cc(-c2ccc(CC(=O)Nc3cnc(CCC#N)c(C(F)(F)F)c3)c(F)c2)c[nH]c1=O. The minimum atomic E-state index is -4.72. The van der Waals surface area contributed by atoms with Crippen LogP contribution < -0.4 is 15.6 Å². The van der Waals surface area contributed by atoms with Crippen molar-refractivity contribution in [2.24, 2.45) is 0 Å². The van der Waals surface area contributed by atoms with Crippen LogP contribution in [0.25, 0.3) is 11.1 Å². The van der Waals surface area contributed by atoms with Crippen molar-refractivity contribution in [1.82, 2.24) is 9.97 Å². The molecule has 0 aliphatic carbocycles. The third kappa shape index (κ3) is 6.44. The van der Waals surface area contributed by atoms with E-state index in [1.807, 2.05) is 0 Å². The minimum Gasteiger partial charge on any atom is -0.488 e. The molecule has 0 saturated heterocycles. The fraction of sp³-hybridized carbons (Fsp3) is 0.250. The summed E-state index contributed by atoms with van der Waals surface area (Å²) in [6, 6.07) is 8.07. The normalized spacial score (nSPS) is 11.1. The molecule has 35 heavy (non-hydrogen) atoms. The molecule has 0 fully saturated rings. The highest BCUT2D eigenvalue weighted by atomic mass is 19.4. The molecule has 0 radical (unpaired) electrons. The summed E-state index contributed by atoms with van der Waals surface area (Å²) in [5.74, 6) is -1.36. The summed E-state index contributed by atoms with van der Waals surface area (Å²) in [4.78, 5) is 30.4. The topological polar surface area (TPSA) is 108 Å². The van der Waals surface area contributed by atoms with E-state index in [0.717, 1.165) is 12.3 Å². The highest BCUT2D eigenvalue weighted by Gasteiger charge is 2.34. The molecule has 3 aromatic rings. The highest BCUT2D eigenvalue weighted by molar-refractivity contribution is 5.92. The van der Waals surface area contributed by atoms with Crippen molar-refractivity contribution in [3.8, 4) is 22.9 Å². The molecule has 3 rings (SSSR count). The number of nitrogens with one attached hydrogen (secondary N) is 2.